The van der Waals surface area contributed by atoms with Crippen LogP contribution in [0.3, 0.4) is 0 Å². The summed E-state index contributed by atoms with van der Waals surface area (Å²) < 4.78 is 11.3. The zero-order valence-corrected chi connectivity index (χ0v) is 21.3. The quantitative estimate of drug-likeness (QED) is 0.316. The lowest BCUT2D eigenvalue weighted by Crippen LogP contribution is -2.40. The molecule has 0 bridgehead atoms. The summed E-state index contributed by atoms with van der Waals surface area (Å²) in [7, 11) is 2.31. The van der Waals surface area contributed by atoms with Crippen LogP contribution in [0, 0.1) is 13.8 Å². The number of ether oxygens (including phenoxy) is 2. The van der Waals surface area contributed by atoms with Crippen molar-refractivity contribution in [1.82, 2.24) is 0 Å². The molecule has 4 heteroatoms. The van der Waals surface area contributed by atoms with Crippen LogP contribution in [0.5, 0.6) is 5.75 Å². The van der Waals surface area contributed by atoms with E-state index in [1.54, 1.807) is 7.11 Å². The number of hydrogen-bond acceptors (Lipinski definition) is 3. The predicted octanol–water partition coefficient (Wildman–Crippen LogP) is 6.54. The van der Waals surface area contributed by atoms with Crippen molar-refractivity contribution in [2.75, 3.05) is 18.8 Å². The minimum atomic E-state index is -0.0183. The van der Waals surface area contributed by atoms with Gasteiger partial charge in [-0.05, 0) is 70.5 Å². The first-order chi connectivity index (χ1) is 14.2. The van der Waals surface area contributed by atoms with Gasteiger partial charge in [0.05, 0.1) is 0 Å². The monoisotopic (exact) mass is 429 g/mol. The molecular formula is C26H40NO2P. The number of para-hydroxylation sites is 1. The summed E-state index contributed by atoms with van der Waals surface area (Å²) in [4.78, 5) is 2.55. The summed E-state index contributed by atoms with van der Waals surface area (Å²) in [6.45, 7) is 18.4. The van der Waals surface area contributed by atoms with Gasteiger partial charge < -0.3 is 14.4 Å². The molecule has 2 aromatic carbocycles. The molecule has 0 amide bonds. The number of anilines is 1. The van der Waals surface area contributed by atoms with Crippen LogP contribution in [0.2, 0.25) is 0 Å². The van der Waals surface area contributed by atoms with Gasteiger partial charge in [-0.1, -0.05) is 52.8 Å². The summed E-state index contributed by atoms with van der Waals surface area (Å²) in [5.74, 6) is 0.968. The Morgan fingerprint density at radius 1 is 0.967 bits per heavy atom. The average Bonchev–Trinajstić information content (AvgIpc) is 2.68. The van der Waals surface area contributed by atoms with E-state index in [-0.39, 0.29) is 11.9 Å². The predicted molar refractivity (Wildman–Crippen MR) is 133 cm³/mol. The molecule has 2 atom stereocenters. The second kappa shape index (κ2) is 10.6. The molecular weight excluding hydrogens is 389 g/mol. The van der Waals surface area contributed by atoms with Crippen LogP contribution in [-0.2, 0) is 9.89 Å². The van der Waals surface area contributed by atoms with Gasteiger partial charge in [0.1, 0.15) is 5.75 Å². The summed E-state index contributed by atoms with van der Waals surface area (Å²) in [5, 5.41) is 1.44. The van der Waals surface area contributed by atoms with E-state index in [0.717, 1.165) is 17.7 Å². The van der Waals surface area contributed by atoms with Crippen LogP contribution >= 0.6 is 8.58 Å². The van der Waals surface area contributed by atoms with Crippen molar-refractivity contribution in [2.45, 2.75) is 79.1 Å². The highest BCUT2D eigenvalue weighted by molar-refractivity contribution is 7.49. The van der Waals surface area contributed by atoms with Crippen LogP contribution < -0.4 is 14.9 Å². The second-order valence-electron chi connectivity index (χ2n) is 8.88. The maximum absolute atomic E-state index is 6.06. The largest absolute Gasteiger partial charge is 0.467 e. The van der Waals surface area contributed by atoms with Gasteiger partial charge in [-0.3, -0.25) is 0 Å². The van der Waals surface area contributed by atoms with Gasteiger partial charge in [-0.2, -0.15) is 0 Å². The molecule has 30 heavy (non-hydrogen) atoms. The first-order valence-electron chi connectivity index (χ1n) is 11.0. The van der Waals surface area contributed by atoms with E-state index >= 15 is 0 Å². The molecule has 3 nitrogen and oxygen atoms in total. The van der Waals surface area contributed by atoms with Gasteiger partial charge in [0.2, 0.25) is 0 Å². The number of aryl methyl sites for hydroxylation is 2. The highest BCUT2D eigenvalue weighted by Crippen LogP contribution is 2.49. The molecule has 0 aliphatic carbocycles. The summed E-state index contributed by atoms with van der Waals surface area (Å²) >= 11 is 0. The van der Waals surface area contributed by atoms with E-state index in [0.29, 0.717) is 20.7 Å². The van der Waals surface area contributed by atoms with Crippen LogP contribution in [0.1, 0.15) is 64.7 Å². The molecule has 0 aliphatic rings. The van der Waals surface area contributed by atoms with Crippen LogP contribution in [0.4, 0.5) is 5.69 Å². The van der Waals surface area contributed by atoms with Crippen molar-refractivity contribution in [1.29, 1.82) is 0 Å². The minimum absolute atomic E-state index is 0.0183. The maximum atomic E-state index is 6.06. The van der Waals surface area contributed by atoms with Gasteiger partial charge in [-0.25, -0.2) is 0 Å². The van der Waals surface area contributed by atoms with Crippen molar-refractivity contribution in [3.63, 3.8) is 0 Å². The van der Waals surface area contributed by atoms with Crippen molar-refractivity contribution in [2.24, 2.45) is 0 Å². The maximum Gasteiger partial charge on any atom is 0.188 e. The number of benzene rings is 2. The fraction of sp³-hybridized carbons (Fsp3) is 0.538. The Morgan fingerprint density at radius 2 is 1.57 bits per heavy atom. The lowest BCUT2D eigenvalue weighted by molar-refractivity contribution is 0.0495. The molecule has 0 aromatic heterocycles. The SMILES string of the molecule is CCC(C)(Pc1c(C)cccc1N(C(C)C)C(C)C)c1cccc(C)c1OCOC. The van der Waals surface area contributed by atoms with Gasteiger partial charge in [0.15, 0.2) is 6.79 Å². The Balaban J connectivity index is 2.59. The molecule has 0 saturated carbocycles. The highest BCUT2D eigenvalue weighted by atomic mass is 31.1. The van der Waals surface area contributed by atoms with Gasteiger partial charge in [0, 0.05) is 35.6 Å². The molecule has 0 aliphatic heterocycles. The molecule has 2 aromatic rings. The summed E-state index contributed by atoms with van der Waals surface area (Å²) in [6, 6.07) is 14.1. The van der Waals surface area contributed by atoms with E-state index in [1.807, 2.05) is 0 Å². The second-order valence-corrected chi connectivity index (χ2v) is 10.7. The lowest BCUT2D eigenvalue weighted by Gasteiger charge is -2.38. The van der Waals surface area contributed by atoms with Crippen LogP contribution in [0.25, 0.3) is 0 Å². The molecule has 0 fully saturated rings. The van der Waals surface area contributed by atoms with Crippen LogP contribution in [0.15, 0.2) is 36.4 Å². The molecule has 0 radical (unpaired) electrons. The third kappa shape index (κ3) is 5.37. The standard InChI is InChI=1S/C26H40NO2P/c1-10-26(8,22-15-11-13-20(6)24(22)29-17-28-9)30-25-21(7)14-12-16-23(25)27(18(2)3)19(4)5/h11-16,18-19,30H,10,17H2,1-9H3. The third-order valence-electron chi connectivity index (χ3n) is 5.88. The number of nitrogens with zero attached hydrogens (tertiary/aromatic N) is 1. The fourth-order valence-corrected chi connectivity index (χ4v) is 5.88. The zero-order chi connectivity index (χ0) is 22.5. The molecule has 166 valence electrons. The number of hydrogen-bond donors (Lipinski definition) is 0. The van der Waals surface area contributed by atoms with E-state index in [2.05, 4.69) is 96.7 Å². The highest BCUT2D eigenvalue weighted by Gasteiger charge is 2.32. The first kappa shape index (κ1) is 24.7. The van der Waals surface area contributed by atoms with Gasteiger partial charge in [0.25, 0.3) is 0 Å². The van der Waals surface area contributed by atoms with E-state index < -0.39 is 0 Å². The molecule has 0 spiro atoms. The van der Waals surface area contributed by atoms with Crippen molar-refractivity contribution >= 4 is 19.6 Å². The molecule has 0 saturated heterocycles. The van der Waals surface area contributed by atoms with Crippen molar-refractivity contribution in [3.05, 3.63) is 53.1 Å². The molecule has 2 rings (SSSR count). The first-order valence-corrected chi connectivity index (χ1v) is 12.0. The minimum Gasteiger partial charge on any atom is -0.467 e. The van der Waals surface area contributed by atoms with Crippen molar-refractivity contribution in [3.8, 4) is 5.75 Å². The lowest BCUT2D eigenvalue weighted by atomic mass is 9.94. The van der Waals surface area contributed by atoms with Crippen LogP contribution in [-0.4, -0.2) is 26.0 Å². The smallest absolute Gasteiger partial charge is 0.188 e. The Hall–Kier alpha value is -1.57. The Kier molecular flexibility index (Phi) is 8.76. The molecule has 0 heterocycles. The Morgan fingerprint density at radius 3 is 2.13 bits per heavy atom. The summed E-state index contributed by atoms with van der Waals surface area (Å²) in [6.07, 6.45) is 1.04. The van der Waals surface area contributed by atoms with E-state index in [9.17, 15) is 0 Å². The van der Waals surface area contributed by atoms with E-state index in [4.69, 9.17) is 9.47 Å². The molecule has 2 unspecified atom stereocenters. The zero-order valence-electron chi connectivity index (χ0n) is 20.3. The topological polar surface area (TPSA) is 21.7 Å². The average molecular weight is 430 g/mol. The van der Waals surface area contributed by atoms with E-state index in [1.165, 1.54) is 22.1 Å². The normalized spacial score (nSPS) is 14.0. The number of methoxy groups -OCH3 is 1. The third-order valence-corrected chi connectivity index (χ3v) is 7.95. The fourth-order valence-electron chi connectivity index (χ4n) is 4.20. The Labute approximate surface area is 185 Å². The van der Waals surface area contributed by atoms with Gasteiger partial charge in [-0.15, -0.1) is 0 Å². The van der Waals surface area contributed by atoms with Gasteiger partial charge >= 0.3 is 0 Å². The van der Waals surface area contributed by atoms with Crippen molar-refractivity contribution < 1.29 is 9.47 Å². The Bertz CT molecular complexity index is 826. The summed E-state index contributed by atoms with van der Waals surface area (Å²) in [5.41, 5.74) is 5.16. The molecule has 0 N–H and O–H groups in total. The number of rotatable bonds is 10.